The fourth-order valence-electron chi connectivity index (χ4n) is 1.67. The SMILES string of the molecule is CCOC(CN)CC(=O)Nc1cc(C)cc(F)c1. The van der Waals surface area contributed by atoms with Crippen molar-refractivity contribution in [3.8, 4) is 0 Å². The van der Waals surface area contributed by atoms with Gasteiger partial charge < -0.3 is 15.8 Å². The largest absolute Gasteiger partial charge is 0.377 e. The number of nitrogens with two attached hydrogens (primary N) is 1. The van der Waals surface area contributed by atoms with Gasteiger partial charge in [-0.25, -0.2) is 4.39 Å². The van der Waals surface area contributed by atoms with Gasteiger partial charge in [-0.05, 0) is 37.6 Å². The highest BCUT2D eigenvalue weighted by molar-refractivity contribution is 5.91. The van der Waals surface area contributed by atoms with Crippen LogP contribution in [-0.2, 0) is 9.53 Å². The van der Waals surface area contributed by atoms with Crippen LogP contribution in [0.15, 0.2) is 18.2 Å². The summed E-state index contributed by atoms with van der Waals surface area (Å²) in [6.45, 7) is 4.40. The van der Waals surface area contributed by atoms with Gasteiger partial charge in [0.15, 0.2) is 0 Å². The molecule has 18 heavy (non-hydrogen) atoms. The number of anilines is 1. The predicted octanol–water partition coefficient (Wildman–Crippen LogP) is 1.83. The van der Waals surface area contributed by atoms with Gasteiger partial charge >= 0.3 is 0 Å². The molecule has 0 spiro atoms. The highest BCUT2D eigenvalue weighted by atomic mass is 19.1. The number of carbonyl (C=O) groups is 1. The molecule has 0 aliphatic carbocycles. The molecule has 0 saturated heterocycles. The summed E-state index contributed by atoms with van der Waals surface area (Å²) in [7, 11) is 0. The predicted molar refractivity (Wildman–Crippen MR) is 68.9 cm³/mol. The zero-order valence-corrected chi connectivity index (χ0v) is 10.7. The Bertz CT molecular complexity index is 390. The van der Waals surface area contributed by atoms with E-state index in [0.29, 0.717) is 12.3 Å². The first-order chi connectivity index (χ1) is 8.55. The summed E-state index contributed by atoms with van der Waals surface area (Å²) in [6.07, 6.45) is -0.135. The summed E-state index contributed by atoms with van der Waals surface area (Å²) in [5.74, 6) is -0.602. The fraction of sp³-hybridized carbons (Fsp3) is 0.462. The molecule has 0 fully saturated rings. The molecule has 4 nitrogen and oxygen atoms in total. The second-order valence-electron chi connectivity index (χ2n) is 4.08. The molecule has 1 aromatic carbocycles. The van der Waals surface area contributed by atoms with Gasteiger partial charge in [0, 0.05) is 18.8 Å². The Morgan fingerprint density at radius 3 is 2.78 bits per heavy atom. The zero-order valence-electron chi connectivity index (χ0n) is 10.7. The van der Waals surface area contributed by atoms with E-state index in [0.717, 1.165) is 5.56 Å². The topological polar surface area (TPSA) is 64.3 Å². The first kappa shape index (κ1) is 14.6. The number of carbonyl (C=O) groups excluding carboxylic acids is 1. The van der Waals surface area contributed by atoms with Crippen LogP contribution >= 0.6 is 0 Å². The number of ether oxygens (including phenoxy) is 1. The lowest BCUT2D eigenvalue weighted by Crippen LogP contribution is -2.29. The van der Waals surface area contributed by atoms with Crippen molar-refractivity contribution in [1.29, 1.82) is 0 Å². The molecule has 3 N–H and O–H groups in total. The van der Waals surface area contributed by atoms with Gasteiger partial charge in [0.05, 0.1) is 12.5 Å². The zero-order chi connectivity index (χ0) is 13.5. The summed E-state index contributed by atoms with van der Waals surface area (Å²) in [5.41, 5.74) is 6.69. The van der Waals surface area contributed by atoms with E-state index >= 15 is 0 Å². The number of halogens is 1. The third-order valence-corrected chi connectivity index (χ3v) is 2.40. The minimum Gasteiger partial charge on any atom is -0.377 e. The molecule has 1 unspecified atom stereocenters. The third kappa shape index (κ3) is 4.81. The van der Waals surface area contributed by atoms with Crippen LogP contribution in [0, 0.1) is 12.7 Å². The lowest BCUT2D eigenvalue weighted by atomic mass is 10.2. The van der Waals surface area contributed by atoms with Crippen molar-refractivity contribution in [1.82, 2.24) is 0 Å². The molecule has 0 bridgehead atoms. The minimum atomic E-state index is -0.370. The molecule has 0 aliphatic rings. The van der Waals surface area contributed by atoms with E-state index < -0.39 is 0 Å². The lowest BCUT2D eigenvalue weighted by Gasteiger charge is -2.14. The third-order valence-electron chi connectivity index (χ3n) is 2.40. The number of hydrogen-bond donors (Lipinski definition) is 2. The van der Waals surface area contributed by atoms with Gasteiger partial charge in [0.1, 0.15) is 5.82 Å². The lowest BCUT2D eigenvalue weighted by molar-refractivity contribution is -0.118. The summed E-state index contributed by atoms with van der Waals surface area (Å²) in [5, 5.41) is 2.63. The maximum Gasteiger partial charge on any atom is 0.227 e. The van der Waals surface area contributed by atoms with E-state index in [1.54, 1.807) is 13.0 Å². The van der Waals surface area contributed by atoms with E-state index in [9.17, 15) is 9.18 Å². The summed E-state index contributed by atoms with van der Waals surface area (Å²) >= 11 is 0. The Labute approximate surface area is 106 Å². The smallest absolute Gasteiger partial charge is 0.227 e. The van der Waals surface area contributed by atoms with E-state index in [1.807, 2.05) is 6.92 Å². The van der Waals surface area contributed by atoms with Crippen LogP contribution in [-0.4, -0.2) is 25.2 Å². The van der Waals surface area contributed by atoms with Gasteiger partial charge in [-0.2, -0.15) is 0 Å². The molecule has 1 amide bonds. The molecule has 0 aliphatic heterocycles. The van der Waals surface area contributed by atoms with Crippen molar-refractivity contribution in [2.24, 2.45) is 5.73 Å². The van der Waals surface area contributed by atoms with Crippen molar-refractivity contribution in [3.05, 3.63) is 29.6 Å². The Hall–Kier alpha value is -1.46. The number of aryl methyl sites for hydroxylation is 1. The number of rotatable bonds is 6. The number of hydrogen-bond acceptors (Lipinski definition) is 3. The molecule has 0 heterocycles. The van der Waals surface area contributed by atoms with Gasteiger partial charge in [0.25, 0.3) is 0 Å². The Balaban J connectivity index is 2.58. The van der Waals surface area contributed by atoms with Crippen molar-refractivity contribution < 1.29 is 13.9 Å². The Morgan fingerprint density at radius 2 is 2.22 bits per heavy atom. The van der Waals surface area contributed by atoms with Gasteiger partial charge in [-0.15, -0.1) is 0 Å². The van der Waals surface area contributed by atoms with Crippen LogP contribution in [0.2, 0.25) is 0 Å². The molecular formula is C13H19FN2O2. The number of benzene rings is 1. The average molecular weight is 254 g/mol. The van der Waals surface area contributed by atoms with E-state index in [2.05, 4.69) is 5.32 Å². The first-order valence-electron chi connectivity index (χ1n) is 5.93. The standard InChI is InChI=1S/C13H19FN2O2/c1-3-18-12(8-15)7-13(17)16-11-5-9(2)4-10(14)6-11/h4-6,12H,3,7-8,15H2,1-2H3,(H,16,17). The van der Waals surface area contributed by atoms with Gasteiger partial charge in [-0.1, -0.05) is 0 Å². The van der Waals surface area contributed by atoms with Crippen LogP contribution in [0.5, 0.6) is 0 Å². The van der Waals surface area contributed by atoms with Crippen molar-refractivity contribution >= 4 is 11.6 Å². The maximum atomic E-state index is 13.1. The Kier molecular flexibility index (Phi) is 5.74. The monoisotopic (exact) mass is 254 g/mol. The Morgan fingerprint density at radius 1 is 1.50 bits per heavy atom. The van der Waals surface area contributed by atoms with Crippen LogP contribution in [0.1, 0.15) is 18.9 Å². The summed E-state index contributed by atoms with van der Waals surface area (Å²) in [4.78, 5) is 11.7. The normalized spacial score (nSPS) is 12.2. The highest BCUT2D eigenvalue weighted by Gasteiger charge is 2.12. The molecule has 0 saturated carbocycles. The van der Waals surface area contributed by atoms with E-state index in [4.69, 9.17) is 10.5 Å². The molecule has 5 heteroatoms. The van der Waals surface area contributed by atoms with E-state index in [-0.39, 0.29) is 30.8 Å². The number of nitrogens with one attached hydrogen (secondary N) is 1. The highest BCUT2D eigenvalue weighted by Crippen LogP contribution is 2.13. The van der Waals surface area contributed by atoms with Crippen molar-refractivity contribution in [2.75, 3.05) is 18.5 Å². The minimum absolute atomic E-state index is 0.167. The maximum absolute atomic E-state index is 13.1. The van der Waals surface area contributed by atoms with Crippen LogP contribution < -0.4 is 11.1 Å². The van der Waals surface area contributed by atoms with E-state index in [1.165, 1.54) is 12.1 Å². The molecule has 100 valence electrons. The molecular weight excluding hydrogens is 235 g/mol. The molecule has 1 rings (SSSR count). The number of amides is 1. The second-order valence-corrected chi connectivity index (χ2v) is 4.08. The average Bonchev–Trinajstić information content (AvgIpc) is 2.26. The van der Waals surface area contributed by atoms with Crippen molar-refractivity contribution in [3.63, 3.8) is 0 Å². The van der Waals surface area contributed by atoms with Gasteiger partial charge in [-0.3, -0.25) is 4.79 Å². The van der Waals surface area contributed by atoms with Crippen molar-refractivity contribution in [2.45, 2.75) is 26.4 Å². The van der Waals surface area contributed by atoms with Crippen LogP contribution in [0.3, 0.4) is 0 Å². The first-order valence-corrected chi connectivity index (χ1v) is 5.93. The molecule has 0 radical (unpaired) electrons. The van der Waals surface area contributed by atoms with Crippen LogP contribution in [0.25, 0.3) is 0 Å². The summed E-state index contributed by atoms with van der Waals surface area (Å²) in [6, 6.07) is 4.39. The van der Waals surface area contributed by atoms with Crippen LogP contribution in [0.4, 0.5) is 10.1 Å². The molecule has 1 aromatic rings. The fourth-order valence-corrected chi connectivity index (χ4v) is 1.67. The quantitative estimate of drug-likeness (QED) is 0.814. The molecule has 1 atom stereocenters. The molecule has 0 aromatic heterocycles. The van der Waals surface area contributed by atoms with Gasteiger partial charge in [0.2, 0.25) is 5.91 Å². The second kappa shape index (κ2) is 7.08. The summed E-state index contributed by atoms with van der Waals surface area (Å²) < 4.78 is 18.4.